The van der Waals surface area contributed by atoms with E-state index in [1.165, 1.54) is 36.3 Å². The fraction of sp³-hybridized carbons (Fsp3) is 0.714. The summed E-state index contributed by atoms with van der Waals surface area (Å²) in [6, 6.07) is 0. The molecule has 0 aromatic carbocycles. The van der Waals surface area contributed by atoms with Crippen molar-refractivity contribution in [1.29, 1.82) is 0 Å². The fourth-order valence-electron chi connectivity index (χ4n) is 2.28. The molecule has 0 atom stereocenters. The molecule has 3 nitrogen and oxygen atoms in total. The standard InChI is InChI=1S/C14H22N2OS/c1-2-3-10-13(17)16-14-15-11-8-6-4-5-7-9-12(11)18-14/h2-10H2,1H3,(H,15,16,17). The Morgan fingerprint density at radius 2 is 2.06 bits per heavy atom. The van der Waals surface area contributed by atoms with Gasteiger partial charge in [0.15, 0.2) is 5.13 Å². The first-order valence-electron chi connectivity index (χ1n) is 7.08. The fourth-order valence-corrected chi connectivity index (χ4v) is 3.34. The van der Waals surface area contributed by atoms with Gasteiger partial charge in [-0.3, -0.25) is 4.79 Å². The number of nitrogens with zero attached hydrogens (tertiary/aromatic N) is 1. The third-order valence-electron chi connectivity index (χ3n) is 3.35. The zero-order valence-electron chi connectivity index (χ0n) is 11.1. The molecule has 18 heavy (non-hydrogen) atoms. The van der Waals surface area contributed by atoms with E-state index in [0.717, 1.165) is 30.8 Å². The summed E-state index contributed by atoms with van der Waals surface area (Å²) in [4.78, 5) is 17.7. The van der Waals surface area contributed by atoms with Crippen molar-refractivity contribution in [1.82, 2.24) is 4.98 Å². The second kappa shape index (κ2) is 6.88. The van der Waals surface area contributed by atoms with Crippen LogP contribution >= 0.6 is 11.3 Å². The van der Waals surface area contributed by atoms with Crippen molar-refractivity contribution >= 4 is 22.4 Å². The van der Waals surface area contributed by atoms with Gasteiger partial charge in [-0.2, -0.15) is 0 Å². The van der Waals surface area contributed by atoms with Gasteiger partial charge in [-0.15, -0.1) is 11.3 Å². The zero-order valence-corrected chi connectivity index (χ0v) is 11.9. The van der Waals surface area contributed by atoms with Crippen LogP contribution in [0.5, 0.6) is 0 Å². The number of hydrogen-bond acceptors (Lipinski definition) is 3. The van der Waals surface area contributed by atoms with E-state index in [9.17, 15) is 4.79 Å². The Morgan fingerprint density at radius 3 is 2.83 bits per heavy atom. The van der Waals surface area contributed by atoms with Crippen molar-refractivity contribution in [2.75, 3.05) is 5.32 Å². The number of nitrogens with one attached hydrogen (secondary N) is 1. The number of hydrogen-bond donors (Lipinski definition) is 1. The quantitative estimate of drug-likeness (QED) is 0.897. The van der Waals surface area contributed by atoms with Gasteiger partial charge in [-0.1, -0.05) is 26.2 Å². The van der Waals surface area contributed by atoms with Gasteiger partial charge in [0.25, 0.3) is 0 Å². The Balaban J connectivity index is 1.97. The number of thiazole rings is 1. The molecule has 0 spiro atoms. The minimum Gasteiger partial charge on any atom is -0.302 e. The number of aryl methyl sites for hydroxylation is 2. The van der Waals surface area contributed by atoms with Crippen LogP contribution in [0.2, 0.25) is 0 Å². The summed E-state index contributed by atoms with van der Waals surface area (Å²) in [5.74, 6) is 0.110. The Bertz CT molecular complexity index is 375. The average Bonchev–Trinajstić information content (AvgIpc) is 2.68. The van der Waals surface area contributed by atoms with Gasteiger partial charge in [0.2, 0.25) is 5.91 Å². The maximum absolute atomic E-state index is 11.7. The summed E-state index contributed by atoms with van der Waals surface area (Å²) < 4.78 is 0. The first kappa shape index (κ1) is 13.5. The first-order valence-corrected chi connectivity index (χ1v) is 7.89. The predicted octanol–water partition coefficient (Wildman–Crippen LogP) is 3.93. The molecule has 0 saturated carbocycles. The van der Waals surface area contributed by atoms with Crippen LogP contribution in [0.15, 0.2) is 0 Å². The van der Waals surface area contributed by atoms with Crippen LogP contribution in [0.4, 0.5) is 5.13 Å². The third kappa shape index (κ3) is 3.80. The number of carbonyl (C=O) groups is 1. The SMILES string of the molecule is CCCCC(=O)Nc1nc2c(s1)CCCCCC2. The minimum atomic E-state index is 0.110. The molecule has 1 heterocycles. The van der Waals surface area contributed by atoms with Gasteiger partial charge in [-0.05, 0) is 32.1 Å². The number of fused-ring (bicyclic) bond motifs is 1. The van der Waals surface area contributed by atoms with Gasteiger partial charge < -0.3 is 5.32 Å². The van der Waals surface area contributed by atoms with Crippen LogP contribution in [-0.2, 0) is 17.6 Å². The molecule has 1 aromatic heterocycles. The van der Waals surface area contributed by atoms with Crippen LogP contribution in [0.3, 0.4) is 0 Å². The van der Waals surface area contributed by atoms with Gasteiger partial charge in [0.1, 0.15) is 0 Å². The Morgan fingerprint density at radius 1 is 1.28 bits per heavy atom. The van der Waals surface area contributed by atoms with Gasteiger partial charge in [0.05, 0.1) is 5.69 Å². The van der Waals surface area contributed by atoms with Crippen LogP contribution in [0.25, 0.3) is 0 Å². The number of rotatable bonds is 4. The summed E-state index contributed by atoms with van der Waals surface area (Å²) in [7, 11) is 0. The lowest BCUT2D eigenvalue weighted by Gasteiger charge is -2.06. The van der Waals surface area contributed by atoms with Gasteiger partial charge >= 0.3 is 0 Å². The van der Waals surface area contributed by atoms with E-state index in [-0.39, 0.29) is 5.91 Å². The molecule has 0 fully saturated rings. The molecular weight excluding hydrogens is 244 g/mol. The third-order valence-corrected chi connectivity index (χ3v) is 4.42. The molecular formula is C14H22N2OS. The van der Waals surface area contributed by atoms with Crippen molar-refractivity contribution in [3.63, 3.8) is 0 Å². The molecule has 1 amide bonds. The second-order valence-electron chi connectivity index (χ2n) is 4.95. The first-order chi connectivity index (χ1) is 8.79. The molecule has 2 rings (SSSR count). The Labute approximate surface area is 113 Å². The highest BCUT2D eigenvalue weighted by molar-refractivity contribution is 7.15. The van der Waals surface area contributed by atoms with Crippen molar-refractivity contribution < 1.29 is 4.79 Å². The monoisotopic (exact) mass is 266 g/mol. The minimum absolute atomic E-state index is 0.110. The molecule has 1 N–H and O–H groups in total. The lowest BCUT2D eigenvalue weighted by molar-refractivity contribution is -0.116. The summed E-state index contributed by atoms with van der Waals surface area (Å²) >= 11 is 1.68. The maximum Gasteiger partial charge on any atom is 0.226 e. The molecule has 0 saturated heterocycles. The maximum atomic E-state index is 11.7. The molecule has 100 valence electrons. The van der Waals surface area contributed by atoms with Crippen molar-refractivity contribution in [2.45, 2.75) is 64.7 Å². The van der Waals surface area contributed by atoms with Crippen LogP contribution in [0, 0.1) is 0 Å². The lowest BCUT2D eigenvalue weighted by Crippen LogP contribution is -2.10. The van der Waals surface area contributed by atoms with E-state index in [1.807, 2.05) is 0 Å². The number of carbonyl (C=O) groups excluding carboxylic acids is 1. The molecule has 0 radical (unpaired) electrons. The van der Waals surface area contributed by atoms with Gasteiger partial charge in [0, 0.05) is 11.3 Å². The van der Waals surface area contributed by atoms with E-state index in [0.29, 0.717) is 6.42 Å². The van der Waals surface area contributed by atoms with Crippen molar-refractivity contribution in [3.05, 3.63) is 10.6 Å². The van der Waals surface area contributed by atoms with E-state index in [1.54, 1.807) is 11.3 Å². The Kier molecular flexibility index (Phi) is 5.17. The summed E-state index contributed by atoms with van der Waals surface area (Å²) in [5.41, 5.74) is 1.23. The molecule has 0 bridgehead atoms. The Hall–Kier alpha value is -0.900. The topological polar surface area (TPSA) is 42.0 Å². The highest BCUT2D eigenvalue weighted by atomic mass is 32.1. The number of amides is 1. The average molecular weight is 266 g/mol. The smallest absolute Gasteiger partial charge is 0.226 e. The largest absolute Gasteiger partial charge is 0.302 e. The summed E-state index contributed by atoms with van der Waals surface area (Å²) in [6.07, 6.45) is 9.98. The normalized spacial score (nSPS) is 15.6. The molecule has 0 aliphatic heterocycles. The van der Waals surface area contributed by atoms with E-state index < -0.39 is 0 Å². The van der Waals surface area contributed by atoms with E-state index in [4.69, 9.17) is 0 Å². The number of anilines is 1. The zero-order chi connectivity index (χ0) is 12.8. The molecule has 1 aliphatic carbocycles. The summed E-state index contributed by atoms with van der Waals surface area (Å²) in [5, 5.41) is 3.75. The van der Waals surface area contributed by atoms with Crippen molar-refractivity contribution in [3.8, 4) is 0 Å². The van der Waals surface area contributed by atoms with E-state index >= 15 is 0 Å². The molecule has 4 heteroatoms. The molecule has 1 aromatic rings. The number of aromatic nitrogens is 1. The highest BCUT2D eigenvalue weighted by Gasteiger charge is 2.14. The van der Waals surface area contributed by atoms with Gasteiger partial charge in [-0.25, -0.2) is 4.98 Å². The van der Waals surface area contributed by atoms with Crippen LogP contribution in [0.1, 0.15) is 62.4 Å². The van der Waals surface area contributed by atoms with Crippen LogP contribution in [-0.4, -0.2) is 10.9 Å². The summed E-state index contributed by atoms with van der Waals surface area (Å²) in [6.45, 7) is 2.10. The highest BCUT2D eigenvalue weighted by Crippen LogP contribution is 2.28. The lowest BCUT2D eigenvalue weighted by atomic mass is 10.0. The van der Waals surface area contributed by atoms with Crippen LogP contribution < -0.4 is 5.32 Å². The van der Waals surface area contributed by atoms with E-state index in [2.05, 4.69) is 17.2 Å². The van der Waals surface area contributed by atoms with Crippen molar-refractivity contribution in [2.24, 2.45) is 0 Å². The molecule has 1 aliphatic rings. The molecule has 0 unspecified atom stereocenters. The predicted molar refractivity (Wildman–Crippen MR) is 76.1 cm³/mol. The number of unbranched alkanes of at least 4 members (excludes halogenated alkanes) is 1. The second-order valence-corrected chi connectivity index (χ2v) is 6.04.